The maximum atomic E-state index is 2.30. The van der Waals surface area contributed by atoms with Crippen molar-refractivity contribution in [1.29, 1.82) is 0 Å². The first kappa shape index (κ1) is 6.60. The second-order valence-corrected chi connectivity index (χ2v) is 2.79. The van der Waals surface area contributed by atoms with Gasteiger partial charge in [-0.3, -0.25) is 0 Å². The second-order valence-electron chi connectivity index (χ2n) is 2.79. The Bertz CT molecular complexity index is 131. The molecule has 0 heteroatoms. The van der Waals surface area contributed by atoms with Crippen molar-refractivity contribution >= 4 is 0 Å². The van der Waals surface area contributed by atoms with Gasteiger partial charge in [0.15, 0.2) is 0 Å². The Morgan fingerprint density at radius 1 is 1.44 bits per heavy atom. The molecule has 0 amide bonds. The normalized spacial score (nSPS) is 34.4. The van der Waals surface area contributed by atoms with Crippen LogP contribution in [0.4, 0.5) is 0 Å². The lowest BCUT2D eigenvalue weighted by Gasteiger charge is -2.00. The highest BCUT2D eigenvalue weighted by atomic mass is 14.2. The summed E-state index contributed by atoms with van der Waals surface area (Å²) in [4.78, 5) is 0. The minimum absolute atomic E-state index is 0.727. The van der Waals surface area contributed by atoms with Crippen LogP contribution in [0.1, 0.15) is 20.3 Å². The summed E-state index contributed by atoms with van der Waals surface area (Å²) in [6, 6.07) is 0. The van der Waals surface area contributed by atoms with Crippen molar-refractivity contribution in [2.75, 3.05) is 0 Å². The molecule has 0 radical (unpaired) electrons. The van der Waals surface area contributed by atoms with Crippen molar-refractivity contribution in [2.45, 2.75) is 20.3 Å². The number of allylic oxidation sites excluding steroid dienone is 4. The van der Waals surface area contributed by atoms with Gasteiger partial charge < -0.3 is 0 Å². The van der Waals surface area contributed by atoms with Crippen LogP contribution >= 0.6 is 0 Å². The van der Waals surface area contributed by atoms with Crippen LogP contribution < -0.4 is 0 Å². The highest BCUT2D eigenvalue weighted by Gasteiger charge is 2.10. The molecule has 0 aromatic carbocycles. The molecule has 50 valence electrons. The monoisotopic (exact) mass is 122 g/mol. The van der Waals surface area contributed by atoms with E-state index in [9.17, 15) is 0 Å². The molecule has 0 N–H and O–H groups in total. The Balaban J connectivity index is 2.41. The Labute approximate surface area is 57.3 Å². The third-order valence-electron chi connectivity index (χ3n) is 1.77. The maximum Gasteiger partial charge on any atom is -0.00480 e. The lowest BCUT2D eigenvalue weighted by atomic mass is 10.0. The van der Waals surface area contributed by atoms with Gasteiger partial charge in [0.25, 0.3) is 0 Å². The molecular formula is C9H14. The topological polar surface area (TPSA) is 0 Å². The molecule has 0 aromatic heterocycles. The van der Waals surface area contributed by atoms with Crippen molar-refractivity contribution in [1.82, 2.24) is 0 Å². The van der Waals surface area contributed by atoms with E-state index in [0.29, 0.717) is 0 Å². The summed E-state index contributed by atoms with van der Waals surface area (Å²) in [7, 11) is 0. The van der Waals surface area contributed by atoms with E-state index in [1.165, 1.54) is 6.42 Å². The molecule has 1 aliphatic carbocycles. The fourth-order valence-electron chi connectivity index (χ4n) is 1.31. The molecule has 0 aromatic rings. The largest absolute Gasteiger partial charge is 0.0911 e. The van der Waals surface area contributed by atoms with Crippen molar-refractivity contribution < 1.29 is 0 Å². The molecule has 0 saturated carbocycles. The average molecular weight is 122 g/mol. The van der Waals surface area contributed by atoms with E-state index in [-0.39, 0.29) is 0 Å². The van der Waals surface area contributed by atoms with E-state index >= 15 is 0 Å². The first-order valence-corrected chi connectivity index (χ1v) is 3.64. The van der Waals surface area contributed by atoms with E-state index in [0.717, 1.165) is 11.8 Å². The van der Waals surface area contributed by atoms with E-state index in [1.807, 2.05) is 0 Å². The Kier molecular flexibility index (Phi) is 2.10. The van der Waals surface area contributed by atoms with Crippen molar-refractivity contribution in [2.24, 2.45) is 11.8 Å². The minimum Gasteiger partial charge on any atom is -0.0911 e. The van der Waals surface area contributed by atoms with E-state index in [2.05, 4.69) is 38.2 Å². The van der Waals surface area contributed by atoms with Crippen LogP contribution in [0.25, 0.3) is 0 Å². The molecule has 0 fully saturated rings. The van der Waals surface area contributed by atoms with E-state index in [1.54, 1.807) is 0 Å². The summed E-state index contributed by atoms with van der Waals surface area (Å²) in [5.74, 6) is 1.52. The van der Waals surface area contributed by atoms with Gasteiger partial charge in [-0.25, -0.2) is 0 Å². The van der Waals surface area contributed by atoms with Gasteiger partial charge in [-0.05, 0) is 25.2 Å². The van der Waals surface area contributed by atoms with Crippen LogP contribution in [0.15, 0.2) is 24.3 Å². The summed E-state index contributed by atoms with van der Waals surface area (Å²) >= 11 is 0. The summed E-state index contributed by atoms with van der Waals surface area (Å²) < 4.78 is 0. The molecule has 0 spiro atoms. The fraction of sp³-hybridized carbons (Fsp3) is 0.556. The van der Waals surface area contributed by atoms with Crippen LogP contribution in [0.2, 0.25) is 0 Å². The molecule has 1 aliphatic rings. The predicted octanol–water partition coefficient (Wildman–Crippen LogP) is 2.77. The molecule has 0 heterocycles. The average Bonchev–Trinajstić information content (AvgIpc) is 2.17. The van der Waals surface area contributed by atoms with Gasteiger partial charge in [-0.2, -0.15) is 0 Å². The maximum absolute atomic E-state index is 2.30. The Morgan fingerprint density at radius 2 is 2.22 bits per heavy atom. The van der Waals surface area contributed by atoms with Crippen LogP contribution in [-0.4, -0.2) is 0 Å². The zero-order chi connectivity index (χ0) is 6.69. The van der Waals surface area contributed by atoms with Gasteiger partial charge in [0, 0.05) is 0 Å². The van der Waals surface area contributed by atoms with Crippen LogP contribution in [0.3, 0.4) is 0 Å². The second kappa shape index (κ2) is 2.86. The van der Waals surface area contributed by atoms with Crippen molar-refractivity contribution in [3.8, 4) is 0 Å². The standard InChI is InChI=1S/C9H14/c1-3-4-9-6-5-8(2)7-9/h3-6,8-9H,7H2,1-2H3. The van der Waals surface area contributed by atoms with E-state index < -0.39 is 0 Å². The van der Waals surface area contributed by atoms with Crippen molar-refractivity contribution in [3.05, 3.63) is 24.3 Å². The highest BCUT2D eigenvalue weighted by molar-refractivity contribution is 5.07. The molecule has 2 unspecified atom stereocenters. The SMILES string of the molecule is CC=CC1C=CC(C)C1. The summed E-state index contributed by atoms with van der Waals surface area (Å²) in [5.41, 5.74) is 0. The summed E-state index contributed by atoms with van der Waals surface area (Å²) in [6.45, 7) is 4.34. The zero-order valence-corrected chi connectivity index (χ0v) is 6.17. The lowest BCUT2D eigenvalue weighted by molar-refractivity contribution is 0.628. The first-order chi connectivity index (χ1) is 4.33. The van der Waals surface area contributed by atoms with Gasteiger partial charge >= 0.3 is 0 Å². The molecule has 0 nitrogen and oxygen atoms in total. The lowest BCUT2D eigenvalue weighted by Crippen LogP contribution is -1.89. The minimum atomic E-state index is 0.727. The highest BCUT2D eigenvalue weighted by Crippen LogP contribution is 2.23. The third kappa shape index (κ3) is 1.70. The zero-order valence-electron chi connectivity index (χ0n) is 6.17. The molecule has 1 rings (SSSR count). The molecule has 0 bridgehead atoms. The number of rotatable bonds is 1. The van der Waals surface area contributed by atoms with Crippen molar-refractivity contribution in [3.63, 3.8) is 0 Å². The first-order valence-electron chi connectivity index (χ1n) is 3.64. The molecule has 2 atom stereocenters. The predicted molar refractivity (Wildman–Crippen MR) is 41.2 cm³/mol. The number of hydrogen-bond acceptors (Lipinski definition) is 0. The quantitative estimate of drug-likeness (QED) is 0.469. The van der Waals surface area contributed by atoms with Crippen LogP contribution in [0, 0.1) is 11.8 Å². The Hall–Kier alpha value is -0.520. The molecular weight excluding hydrogens is 108 g/mol. The summed E-state index contributed by atoms with van der Waals surface area (Å²) in [6.07, 6.45) is 10.3. The Morgan fingerprint density at radius 3 is 2.67 bits per heavy atom. The molecule has 0 aliphatic heterocycles. The van der Waals surface area contributed by atoms with Gasteiger partial charge in [0.1, 0.15) is 0 Å². The van der Waals surface area contributed by atoms with Gasteiger partial charge in [0.05, 0.1) is 0 Å². The van der Waals surface area contributed by atoms with Gasteiger partial charge in [-0.1, -0.05) is 31.2 Å². The number of hydrogen-bond donors (Lipinski definition) is 0. The van der Waals surface area contributed by atoms with E-state index in [4.69, 9.17) is 0 Å². The van der Waals surface area contributed by atoms with Gasteiger partial charge in [-0.15, -0.1) is 0 Å². The van der Waals surface area contributed by atoms with Gasteiger partial charge in [0.2, 0.25) is 0 Å². The molecule has 0 saturated heterocycles. The smallest absolute Gasteiger partial charge is 0.00480 e. The fourth-order valence-corrected chi connectivity index (χ4v) is 1.31. The summed E-state index contributed by atoms with van der Waals surface area (Å²) in [5, 5.41) is 0. The van der Waals surface area contributed by atoms with Crippen LogP contribution in [0.5, 0.6) is 0 Å². The third-order valence-corrected chi connectivity index (χ3v) is 1.77. The van der Waals surface area contributed by atoms with Crippen LogP contribution in [-0.2, 0) is 0 Å². The molecule has 9 heavy (non-hydrogen) atoms.